The first-order valence-electron chi connectivity index (χ1n) is 7.99. The number of hydrogen-bond donors (Lipinski definition) is 1. The van der Waals surface area contributed by atoms with E-state index in [9.17, 15) is 9.90 Å². The summed E-state index contributed by atoms with van der Waals surface area (Å²) in [7, 11) is 0. The number of ketones is 1. The van der Waals surface area contributed by atoms with Crippen molar-refractivity contribution >= 4 is 11.4 Å². The van der Waals surface area contributed by atoms with Gasteiger partial charge in [-0.15, -0.1) is 0 Å². The van der Waals surface area contributed by atoms with Gasteiger partial charge in [-0.2, -0.15) is 0 Å². The van der Waals surface area contributed by atoms with Crippen LogP contribution in [0.1, 0.15) is 30.4 Å². The van der Waals surface area contributed by atoms with Crippen LogP contribution in [0.2, 0.25) is 0 Å². The molecule has 2 bridgehead atoms. The molecule has 4 heteroatoms. The van der Waals surface area contributed by atoms with Crippen molar-refractivity contribution in [2.75, 3.05) is 0 Å². The number of fused-ring (bicyclic) bond motifs is 2. The SMILES string of the molecule is Cc1ccc(-c2cncnc2)cc1C1=C(O)[C@@H]2CC[C@@H](C2)C1=O. The third-order valence-corrected chi connectivity index (χ3v) is 5.09. The summed E-state index contributed by atoms with van der Waals surface area (Å²) in [6.45, 7) is 1.98. The van der Waals surface area contributed by atoms with Gasteiger partial charge in [-0.05, 0) is 48.9 Å². The molecule has 0 aliphatic heterocycles. The van der Waals surface area contributed by atoms with Crippen molar-refractivity contribution in [3.8, 4) is 11.1 Å². The first-order chi connectivity index (χ1) is 11.1. The Hall–Kier alpha value is -2.49. The van der Waals surface area contributed by atoms with Gasteiger partial charge < -0.3 is 5.11 Å². The first kappa shape index (κ1) is 14.1. The average Bonchev–Trinajstić information content (AvgIpc) is 3.03. The first-order valence-corrected chi connectivity index (χ1v) is 7.99. The van der Waals surface area contributed by atoms with Gasteiger partial charge in [-0.25, -0.2) is 9.97 Å². The van der Waals surface area contributed by atoms with Gasteiger partial charge in [0.15, 0.2) is 5.78 Å². The summed E-state index contributed by atoms with van der Waals surface area (Å²) in [4.78, 5) is 20.9. The largest absolute Gasteiger partial charge is 0.511 e. The molecule has 0 saturated heterocycles. The number of aryl methyl sites for hydroxylation is 1. The van der Waals surface area contributed by atoms with Crippen LogP contribution in [0, 0.1) is 18.8 Å². The van der Waals surface area contributed by atoms with Crippen molar-refractivity contribution < 1.29 is 9.90 Å². The summed E-state index contributed by atoms with van der Waals surface area (Å²) >= 11 is 0. The van der Waals surface area contributed by atoms with Gasteiger partial charge in [-0.1, -0.05) is 12.1 Å². The molecule has 1 aromatic heterocycles. The molecule has 4 rings (SSSR count). The molecule has 1 N–H and O–H groups in total. The zero-order valence-corrected chi connectivity index (χ0v) is 13.0. The van der Waals surface area contributed by atoms with Crippen LogP contribution < -0.4 is 0 Å². The van der Waals surface area contributed by atoms with Gasteiger partial charge in [-0.3, -0.25) is 4.79 Å². The lowest BCUT2D eigenvalue weighted by Gasteiger charge is -2.23. The lowest BCUT2D eigenvalue weighted by atomic mass is 9.81. The average molecular weight is 306 g/mol. The highest BCUT2D eigenvalue weighted by molar-refractivity contribution is 6.23. The number of nitrogens with zero attached hydrogens (tertiary/aromatic N) is 2. The Balaban J connectivity index is 1.86. The predicted octanol–water partition coefficient (Wildman–Crippen LogP) is 3.72. The summed E-state index contributed by atoms with van der Waals surface area (Å²) in [5.74, 6) is 0.610. The third kappa shape index (κ3) is 2.25. The second-order valence-corrected chi connectivity index (χ2v) is 6.49. The van der Waals surface area contributed by atoms with Crippen molar-refractivity contribution in [2.24, 2.45) is 11.8 Å². The molecule has 0 amide bonds. The summed E-state index contributed by atoms with van der Waals surface area (Å²) < 4.78 is 0. The molecule has 1 aromatic carbocycles. The fourth-order valence-corrected chi connectivity index (χ4v) is 3.79. The highest BCUT2D eigenvalue weighted by Gasteiger charge is 2.41. The van der Waals surface area contributed by atoms with Crippen LogP contribution in [0.25, 0.3) is 16.7 Å². The molecule has 2 aromatic rings. The van der Waals surface area contributed by atoms with Crippen LogP contribution in [0.4, 0.5) is 0 Å². The molecule has 0 unspecified atom stereocenters. The normalized spacial score (nSPS) is 23.4. The number of Topliss-reactive ketones (excluding diaryl/α,β-unsaturated/α-hetero) is 1. The molecular formula is C19H18N2O2. The van der Waals surface area contributed by atoms with Gasteiger partial charge in [0.05, 0.1) is 5.57 Å². The molecule has 23 heavy (non-hydrogen) atoms. The van der Waals surface area contributed by atoms with E-state index in [-0.39, 0.29) is 23.4 Å². The van der Waals surface area contributed by atoms with E-state index in [4.69, 9.17) is 0 Å². The molecule has 0 radical (unpaired) electrons. The summed E-state index contributed by atoms with van der Waals surface area (Å²) in [6.07, 6.45) is 7.61. The van der Waals surface area contributed by atoms with E-state index in [0.29, 0.717) is 5.57 Å². The zero-order valence-electron chi connectivity index (χ0n) is 13.0. The van der Waals surface area contributed by atoms with Crippen molar-refractivity contribution in [3.63, 3.8) is 0 Å². The Bertz CT molecular complexity index is 811. The molecule has 0 spiro atoms. The Morgan fingerprint density at radius 1 is 1.09 bits per heavy atom. The topological polar surface area (TPSA) is 63.1 Å². The fraction of sp³-hybridized carbons (Fsp3) is 0.316. The molecule has 116 valence electrons. The number of allylic oxidation sites excluding steroid dienone is 2. The van der Waals surface area contributed by atoms with Crippen LogP contribution in [0.3, 0.4) is 0 Å². The van der Waals surface area contributed by atoms with Gasteiger partial charge in [0.25, 0.3) is 0 Å². The van der Waals surface area contributed by atoms with E-state index in [1.54, 1.807) is 12.4 Å². The summed E-state index contributed by atoms with van der Waals surface area (Å²) in [5, 5.41) is 10.6. The maximum absolute atomic E-state index is 12.8. The van der Waals surface area contributed by atoms with E-state index >= 15 is 0 Å². The minimum absolute atomic E-state index is 0.0778. The number of benzene rings is 1. The smallest absolute Gasteiger partial charge is 0.169 e. The quantitative estimate of drug-likeness (QED) is 0.918. The lowest BCUT2D eigenvalue weighted by Crippen LogP contribution is -2.21. The van der Waals surface area contributed by atoms with E-state index in [1.807, 2.05) is 25.1 Å². The molecular weight excluding hydrogens is 288 g/mol. The highest BCUT2D eigenvalue weighted by Crippen LogP contribution is 2.46. The molecule has 2 atom stereocenters. The fourth-order valence-electron chi connectivity index (χ4n) is 3.79. The maximum atomic E-state index is 12.8. The predicted molar refractivity (Wildman–Crippen MR) is 87.6 cm³/mol. The van der Waals surface area contributed by atoms with Gasteiger partial charge in [0, 0.05) is 29.8 Å². The van der Waals surface area contributed by atoms with Crippen molar-refractivity contribution in [1.29, 1.82) is 0 Å². The number of carbonyl (C=O) groups is 1. The van der Waals surface area contributed by atoms with E-state index < -0.39 is 0 Å². The lowest BCUT2D eigenvalue weighted by molar-refractivity contribution is -0.117. The Morgan fingerprint density at radius 3 is 2.61 bits per heavy atom. The van der Waals surface area contributed by atoms with Crippen LogP contribution >= 0.6 is 0 Å². The van der Waals surface area contributed by atoms with Crippen molar-refractivity contribution in [2.45, 2.75) is 26.2 Å². The van der Waals surface area contributed by atoms with E-state index in [1.165, 1.54) is 6.33 Å². The standard InChI is InChI=1S/C19H18N2O2/c1-11-2-3-12(15-8-20-10-21-9-15)7-16(11)17-18(22)13-4-5-14(6-13)19(17)23/h2-3,7-10,13-14,22H,4-6H2,1H3/t13-,14+/m1/s1. The Labute approximate surface area is 134 Å². The van der Waals surface area contributed by atoms with Crippen LogP contribution in [0.5, 0.6) is 0 Å². The molecule has 2 aliphatic carbocycles. The van der Waals surface area contributed by atoms with Crippen LogP contribution in [-0.4, -0.2) is 20.9 Å². The maximum Gasteiger partial charge on any atom is 0.169 e. The Morgan fingerprint density at radius 2 is 1.83 bits per heavy atom. The second-order valence-electron chi connectivity index (χ2n) is 6.49. The summed E-state index contributed by atoms with van der Waals surface area (Å²) in [6, 6.07) is 5.96. The molecule has 2 aliphatic rings. The number of hydrogen-bond acceptors (Lipinski definition) is 4. The molecule has 1 saturated carbocycles. The van der Waals surface area contributed by atoms with Gasteiger partial charge in [0.1, 0.15) is 12.1 Å². The van der Waals surface area contributed by atoms with Crippen molar-refractivity contribution in [3.05, 3.63) is 53.8 Å². The number of aliphatic hydroxyl groups excluding tert-OH is 1. The second kappa shape index (κ2) is 5.30. The highest BCUT2D eigenvalue weighted by atomic mass is 16.3. The minimum Gasteiger partial charge on any atom is -0.511 e. The van der Waals surface area contributed by atoms with Crippen LogP contribution in [0.15, 0.2) is 42.7 Å². The monoisotopic (exact) mass is 306 g/mol. The number of aromatic nitrogens is 2. The number of carbonyl (C=O) groups excluding carboxylic acids is 1. The minimum atomic E-state index is 0.0778. The van der Waals surface area contributed by atoms with E-state index in [0.717, 1.165) is 41.5 Å². The molecule has 1 fully saturated rings. The van der Waals surface area contributed by atoms with Crippen molar-refractivity contribution in [1.82, 2.24) is 9.97 Å². The van der Waals surface area contributed by atoms with Gasteiger partial charge in [0.2, 0.25) is 0 Å². The van der Waals surface area contributed by atoms with Gasteiger partial charge >= 0.3 is 0 Å². The van der Waals surface area contributed by atoms with E-state index in [2.05, 4.69) is 9.97 Å². The Kier molecular flexibility index (Phi) is 3.26. The third-order valence-electron chi connectivity index (χ3n) is 5.09. The molecule has 1 heterocycles. The van der Waals surface area contributed by atoms with Crippen LogP contribution in [-0.2, 0) is 4.79 Å². The number of aliphatic hydroxyl groups is 1. The number of rotatable bonds is 2. The zero-order chi connectivity index (χ0) is 16.0. The molecule has 4 nitrogen and oxygen atoms in total. The summed E-state index contributed by atoms with van der Waals surface area (Å²) in [5.41, 5.74) is 4.23.